The summed E-state index contributed by atoms with van der Waals surface area (Å²) in [6.45, 7) is 6.54. The number of nitrogens with zero attached hydrogens (tertiary/aromatic N) is 2. The van der Waals surface area contributed by atoms with E-state index in [1.807, 2.05) is 0 Å². The van der Waals surface area contributed by atoms with Gasteiger partial charge in [0.1, 0.15) is 12.0 Å². The number of rotatable bonds is 3. The van der Waals surface area contributed by atoms with Gasteiger partial charge < -0.3 is 9.32 Å². The fourth-order valence-electron chi connectivity index (χ4n) is 2.22. The van der Waals surface area contributed by atoms with Crippen LogP contribution in [-0.4, -0.2) is 35.3 Å². The normalized spacial score (nSPS) is 22.6. The maximum absolute atomic E-state index is 10.5. The third kappa shape index (κ3) is 2.32. The third-order valence-corrected chi connectivity index (χ3v) is 3.19. The molecule has 16 heavy (non-hydrogen) atoms. The Hall–Kier alpha value is -1.16. The van der Waals surface area contributed by atoms with Crippen molar-refractivity contribution in [2.45, 2.75) is 38.6 Å². The molecule has 88 valence electrons. The van der Waals surface area contributed by atoms with Crippen LogP contribution in [0.1, 0.15) is 49.0 Å². The minimum atomic E-state index is 0.338. The Morgan fingerprint density at radius 3 is 3.06 bits per heavy atom. The highest BCUT2D eigenvalue weighted by atomic mass is 16.3. The Morgan fingerprint density at radius 1 is 1.62 bits per heavy atom. The van der Waals surface area contributed by atoms with E-state index < -0.39 is 0 Å². The van der Waals surface area contributed by atoms with Gasteiger partial charge in [-0.25, -0.2) is 4.98 Å². The highest BCUT2D eigenvalue weighted by Gasteiger charge is 2.26. The molecule has 4 nitrogen and oxygen atoms in total. The number of aromatic nitrogens is 1. The van der Waals surface area contributed by atoms with E-state index in [1.165, 1.54) is 12.7 Å². The number of hydrogen-bond acceptors (Lipinski definition) is 4. The van der Waals surface area contributed by atoms with Gasteiger partial charge in [-0.3, -0.25) is 4.79 Å². The number of aldehydes is 1. The summed E-state index contributed by atoms with van der Waals surface area (Å²) in [5.41, 5.74) is 0.400. The molecule has 1 aliphatic rings. The molecule has 0 aliphatic carbocycles. The largest absolute Gasteiger partial charge is 0.448 e. The minimum Gasteiger partial charge on any atom is -0.448 e. The number of hydrogen-bond donors (Lipinski definition) is 0. The molecule has 0 bridgehead atoms. The van der Waals surface area contributed by atoms with E-state index in [4.69, 9.17) is 4.42 Å². The van der Waals surface area contributed by atoms with Crippen molar-refractivity contribution in [3.05, 3.63) is 17.8 Å². The van der Waals surface area contributed by atoms with Crippen LogP contribution in [0, 0.1) is 0 Å². The van der Waals surface area contributed by atoms with Crippen LogP contribution in [0.3, 0.4) is 0 Å². The van der Waals surface area contributed by atoms with Crippen molar-refractivity contribution < 1.29 is 9.21 Å². The van der Waals surface area contributed by atoms with Crippen LogP contribution in [0.25, 0.3) is 0 Å². The number of carbonyl (C=O) groups is 1. The van der Waals surface area contributed by atoms with Gasteiger partial charge >= 0.3 is 0 Å². The first-order chi connectivity index (χ1) is 7.70. The second kappa shape index (κ2) is 4.78. The van der Waals surface area contributed by atoms with E-state index in [2.05, 4.69) is 23.7 Å². The average Bonchev–Trinajstić information content (AvgIpc) is 2.77. The fourth-order valence-corrected chi connectivity index (χ4v) is 2.22. The van der Waals surface area contributed by atoms with Crippen molar-refractivity contribution in [3.63, 3.8) is 0 Å². The van der Waals surface area contributed by atoms with E-state index in [0.29, 0.717) is 23.5 Å². The third-order valence-electron chi connectivity index (χ3n) is 3.19. The van der Waals surface area contributed by atoms with Crippen LogP contribution < -0.4 is 0 Å². The van der Waals surface area contributed by atoms with E-state index in [9.17, 15) is 4.79 Å². The van der Waals surface area contributed by atoms with E-state index >= 15 is 0 Å². The van der Waals surface area contributed by atoms with Crippen molar-refractivity contribution in [2.24, 2.45) is 0 Å². The Morgan fingerprint density at radius 2 is 2.44 bits per heavy atom. The van der Waals surface area contributed by atoms with Gasteiger partial charge in [0.05, 0.1) is 0 Å². The first kappa shape index (κ1) is 11.3. The summed E-state index contributed by atoms with van der Waals surface area (Å²) >= 11 is 0. The lowest BCUT2D eigenvalue weighted by Gasteiger charge is -2.34. The Bertz CT molecular complexity index is 360. The fraction of sp³-hybridized carbons (Fsp3) is 0.667. The summed E-state index contributed by atoms with van der Waals surface area (Å²) in [5.74, 6) is 1.05. The summed E-state index contributed by atoms with van der Waals surface area (Å²) in [6.07, 6.45) is 4.44. The van der Waals surface area contributed by atoms with Gasteiger partial charge in [0.2, 0.25) is 0 Å². The SMILES string of the molecule is CC(C)N1CCCC(c2nc(C=O)co2)C1. The second-order valence-electron chi connectivity index (χ2n) is 4.66. The summed E-state index contributed by atoms with van der Waals surface area (Å²) in [6, 6.07) is 0.559. The lowest BCUT2D eigenvalue weighted by atomic mass is 9.97. The lowest BCUT2D eigenvalue weighted by molar-refractivity contribution is 0.111. The maximum Gasteiger partial charge on any atom is 0.199 e. The van der Waals surface area contributed by atoms with Crippen LogP contribution in [0.4, 0.5) is 0 Å². The smallest absolute Gasteiger partial charge is 0.199 e. The van der Waals surface area contributed by atoms with Gasteiger partial charge in [0.25, 0.3) is 0 Å². The highest BCUT2D eigenvalue weighted by molar-refractivity contribution is 5.70. The molecule has 0 amide bonds. The van der Waals surface area contributed by atoms with Gasteiger partial charge in [0, 0.05) is 18.5 Å². The van der Waals surface area contributed by atoms with Gasteiger partial charge in [-0.1, -0.05) is 0 Å². The van der Waals surface area contributed by atoms with E-state index in [0.717, 1.165) is 25.8 Å². The zero-order valence-electron chi connectivity index (χ0n) is 9.85. The molecule has 0 saturated carbocycles. The molecule has 1 aliphatic heterocycles. The monoisotopic (exact) mass is 222 g/mol. The molecule has 1 fully saturated rings. The van der Waals surface area contributed by atoms with E-state index in [1.54, 1.807) is 0 Å². The number of oxazole rings is 1. The molecule has 0 radical (unpaired) electrons. The number of likely N-dealkylation sites (tertiary alicyclic amines) is 1. The van der Waals surface area contributed by atoms with Gasteiger partial charge in [-0.15, -0.1) is 0 Å². The summed E-state index contributed by atoms with van der Waals surface area (Å²) < 4.78 is 5.35. The molecule has 0 N–H and O–H groups in total. The molecule has 2 heterocycles. The first-order valence-electron chi connectivity index (χ1n) is 5.85. The van der Waals surface area contributed by atoms with Crippen molar-refractivity contribution in [1.29, 1.82) is 0 Å². The standard InChI is InChI=1S/C12H18N2O2/c1-9(2)14-5-3-4-10(6-14)12-13-11(7-15)8-16-12/h7-10H,3-6H2,1-2H3. The molecule has 4 heteroatoms. The van der Waals surface area contributed by atoms with Crippen LogP contribution in [0.5, 0.6) is 0 Å². The number of piperidine rings is 1. The highest BCUT2D eigenvalue weighted by Crippen LogP contribution is 2.27. The van der Waals surface area contributed by atoms with Gasteiger partial charge in [-0.05, 0) is 33.2 Å². The molecule has 1 saturated heterocycles. The van der Waals surface area contributed by atoms with E-state index in [-0.39, 0.29) is 0 Å². The summed E-state index contributed by atoms with van der Waals surface area (Å²) in [7, 11) is 0. The van der Waals surface area contributed by atoms with Crippen LogP contribution >= 0.6 is 0 Å². The van der Waals surface area contributed by atoms with Crippen LogP contribution in [0.15, 0.2) is 10.7 Å². The Labute approximate surface area is 95.6 Å². The summed E-state index contributed by atoms with van der Waals surface area (Å²) in [4.78, 5) is 17.2. The van der Waals surface area contributed by atoms with Crippen molar-refractivity contribution in [3.8, 4) is 0 Å². The topological polar surface area (TPSA) is 46.3 Å². The quantitative estimate of drug-likeness (QED) is 0.734. The molecule has 0 aromatic carbocycles. The van der Waals surface area contributed by atoms with Gasteiger partial charge in [-0.2, -0.15) is 0 Å². The van der Waals surface area contributed by atoms with Gasteiger partial charge in [0.15, 0.2) is 12.2 Å². The molecule has 0 spiro atoms. The molecular formula is C12H18N2O2. The van der Waals surface area contributed by atoms with Crippen molar-refractivity contribution in [1.82, 2.24) is 9.88 Å². The molecule has 1 aromatic rings. The maximum atomic E-state index is 10.5. The predicted octanol–water partition coefficient (Wildman–Crippen LogP) is 2.07. The Kier molecular flexibility index (Phi) is 3.39. The molecule has 1 atom stereocenters. The van der Waals surface area contributed by atoms with Crippen molar-refractivity contribution in [2.75, 3.05) is 13.1 Å². The Balaban J connectivity index is 2.06. The molecule has 1 aromatic heterocycles. The molecule has 2 rings (SSSR count). The second-order valence-corrected chi connectivity index (χ2v) is 4.66. The van der Waals surface area contributed by atoms with Crippen molar-refractivity contribution >= 4 is 6.29 Å². The molecular weight excluding hydrogens is 204 g/mol. The number of carbonyl (C=O) groups excluding carboxylic acids is 1. The average molecular weight is 222 g/mol. The first-order valence-corrected chi connectivity index (χ1v) is 5.85. The van der Waals surface area contributed by atoms with Crippen LogP contribution in [-0.2, 0) is 0 Å². The minimum absolute atomic E-state index is 0.338. The summed E-state index contributed by atoms with van der Waals surface area (Å²) in [5, 5.41) is 0. The molecule has 1 unspecified atom stereocenters. The zero-order valence-corrected chi connectivity index (χ0v) is 9.85. The van der Waals surface area contributed by atoms with Crippen LogP contribution in [0.2, 0.25) is 0 Å². The zero-order chi connectivity index (χ0) is 11.5. The lowest BCUT2D eigenvalue weighted by Crippen LogP contribution is -2.39. The predicted molar refractivity (Wildman–Crippen MR) is 60.6 cm³/mol.